The van der Waals surface area contributed by atoms with Crippen LogP contribution in [0, 0.1) is 0 Å². The number of carbonyl (C=O) groups excluding carboxylic acids is 1. The Hall–Kier alpha value is -1.87. The van der Waals surface area contributed by atoms with Crippen LogP contribution in [0.2, 0.25) is 5.02 Å². The van der Waals surface area contributed by atoms with Crippen LogP contribution in [0.4, 0.5) is 0 Å². The van der Waals surface area contributed by atoms with E-state index in [1.807, 2.05) is 12.1 Å². The zero-order valence-corrected chi connectivity index (χ0v) is 12.1. The minimum atomic E-state index is 0.169. The van der Waals surface area contributed by atoms with Crippen molar-refractivity contribution in [2.75, 3.05) is 7.11 Å². The summed E-state index contributed by atoms with van der Waals surface area (Å²) < 4.78 is 5.24. The molecule has 0 aliphatic carbocycles. The van der Waals surface area contributed by atoms with Gasteiger partial charge in [-0.1, -0.05) is 11.6 Å². The van der Waals surface area contributed by atoms with E-state index in [9.17, 15) is 4.79 Å². The van der Waals surface area contributed by atoms with Crippen LogP contribution >= 0.6 is 11.6 Å². The second-order valence-electron chi connectivity index (χ2n) is 4.53. The molecule has 0 saturated carbocycles. The zero-order valence-electron chi connectivity index (χ0n) is 11.3. The Labute approximate surface area is 123 Å². The summed E-state index contributed by atoms with van der Waals surface area (Å²) in [5.41, 5.74) is 1.95. The number of rotatable bonds is 6. The average Bonchev–Trinajstić information content (AvgIpc) is 2.46. The van der Waals surface area contributed by atoms with E-state index in [0.29, 0.717) is 23.6 Å². The highest BCUT2D eigenvalue weighted by molar-refractivity contribution is 6.30. The largest absolute Gasteiger partial charge is 0.496 e. The summed E-state index contributed by atoms with van der Waals surface area (Å²) in [5, 5.41) is 0.614. The molecule has 1 aromatic heterocycles. The lowest BCUT2D eigenvalue weighted by Gasteiger charge is -2.08. The summed E-state index contributed by atoms with van der Waals surface area (Å²) in [4.78, 5) is 16.0. The number of methoxy groups -OCH3 is 1. The Balaban J connectivity index is 1.96. The molecule has 0 spiro atoms. The molecule has 2 rings (SSSR count). The van der Waals surface area contributed by atoms with E-state index >= 15 is 0 Å². The first-order chi connectivity index (χ1) is 9.69. The first kappa shape index (κ1) is 14.5. The maximum atomic E-state index is 12.1. The summed E-state index contributed by atoms with van der Waals surface area (Å²) in [7, 11) is 1.59. The van der Waals surface area contributed by atoms with Crippen LogP contribution < -0.4 is 4.74 Å². The third kappa shape index (κ3) is 4.07. The van der Waals surface area contributed by atoms with Crippen molar-refractivity contribution in [3.05, 3.63) is 58.9 Å². The van der Waals surface area contributed by atoms with Gasteiger partial charge in [-0.3, -0.25) is 9.78 Å². The number of hydrogen-bond donors (Lipinski definition) is 0. The molecule has 1 aromatic carbocycles. The minimum Gasteiger partial charge on any atom is -0.496 e. The van der Waals surface area contributed by atoms with Gasteiger partial charge in [0.25, 0.3) is 0 Å². The van der Waals surface area contributed by atoms with Gasteiger partial charge in [-0.15, -0.1) is 0 Å². The van der Waals surface area contributed by atoms with Crippen molar-refractivity contribution >= 4 is 17.4 Å². The molecule has 1 heterocycles. The second kappa shape index (κ2) is 7.06. The molecule has 2 aromatic rings. The van der Waals surface area contributed by atoms with Crippen LogP contribution in [0.3, 0.4) is 0 Å². The number of carbonyl (C=O) groups is 1. The van der Waals surface area contributed by atoms with Crippen LogP contribution in [0.25, 0.3) is 0 Å². The monoisotopic (exact) mass is 289 g/mol. The van der Waals surface area contributed by atoms with Gasteiger partial charge >= 0.3 is 0 Å². The highest BCUT2D eigenvalue weighted by atomic mass is 35.5. The molecular formula is C16H16ClNO2. The zero-order chi connectivity index (χ0) is 14.4. The van der Waals surface area contributed by atoms with Gasteiger partial charge in [0.05, 0.1) is 7.11 Å². The molecule has 0 bridgehead atoms. The summed E-state index contributed by atoms with van der Waals surface area (Å²) in [6, 6.07) is 9.17. The molecule has 20 heavy (non-hydrogen) atoms. The summed E-state index contributed by atoms with van der Waals surface area (Å²) in [6.45, 7) is 0. The molecule has 0 aliphatic rings. The Bertz CT molecular complexity index is 584. The number of pyridine rings is 1. The third-order valence-electron chi connectivity index (χ3n) is 3.07. The molecule has 0 amide bonds. The Morgan fingerprint density at radius 3 is 2.70 bits per heavy atom. The number of nitrogens with zero attached hydrogens (tertiary/aromatic N) is 1. The number of benzene rings is 1. The van der Waals surface area contributed by atoms with Crippen LogP contribution in [0.5, 0.6) is 5.75 Å². The van der Waals surface area contributed by atoms with Gasteiger partial charge in [0.2, 0.25) is 0 Å². The van der Waals surface area contributed by atoms with E-state index in [1.165, 1.54) is 0 Å². The molecule has 0 atom stereocenters. The standard InChI is InChI=1S/C16H16ClNO2/c1-20-16-5-3-14(17)10-13(16)11-15(19)4-2-12-6-8-18-9-7-12/h3,5-10H,2,4,11H2,1H3. The Morgan fingerprint density at radius 1 is 1.25 bits per heavy atom. The molecule has 3 nitrogen and oxygen atoms in total. The van der Waals surface area contributed by atoms with Crippen molar-refractivity contribution in [1.29, 1.82) is 0 Å². The van der Waals surface area contributed by atoms with Crippen molar-refractivity contribution in [2.45, 2.75) is 19.3 Å². The van der Waals surface area contributed by atoms with E-state index < -0.39 is 0 Å². The fourth-order valence-corrected chi connectivity index (χ4v) is 2.21. The molecule has 0 saturated heterocycles. The summed E-state index contributed by atoms with van der Waals surface area (Å²) in [6.07, 6.45) is 5.04. The van der Waals surface area contributed by atoms with E-state index in [2.05, 4.69) is 4.98 Å². The van der Waals surface area contributed by atoms with Crippen molar-refractivity contribution in [3.8, 4) is 5.75 Å². The number of ketones is 1. The summed E-state index contributed by atoms with van der Waals surface area (Å²) in [5.74, 6) is 0.869. The third-order valence-corrected chi connectivity index (χ3v) is 3.31. The molecule has 104 valence electrons. The molecule has 4 heteroatoms. The number of ether oxygens (including phenoxy) is 1. The topological polar surface area (TPSA) is 39.2 Å². The van der Waals surface area contributed by atoms with Gasteiger partial charge in [-0.2, -0.15) is 0 Å². The lowest BCUT2D eigenvalue weighted by atomic mass is 10.0. The summed E-state index contributed by atoms with van der Waals surface area (Å²) >= 11 is 5.96. The van der Waals surface area contributed by atoms with Gasteiger partial charge in [0.1, 0.15) is 11.5 Å². The van der Waals surface area contributed by atoms with Gasteiger partial charge in [-0.05, 0) is 42.3 Å². The normalized spacial score (nSPS) is 10.3. The van der Waals surface area contributed by atoms with E-state index in [0.717, 1.165) is 17.5 Å². The first-order valence-electron chi connectivity index (χ1n) is 6.42. The quantitative estimate of drug-likeness (QED) is 0.817. The van der Waals surface area contributed by atoms with Crippen molar-refractivity contribution in [3.63, 3.8) is 0 Å². The van der Waals surface area contributed by atoms with E-state index in [4.69, 9.17) is 16.3 Å². The van der Waals surface area contributed by atoms with Gasteiger partial charge in [0.15, 0.2) is 0 Å². The predicted octanol–water partition coefficient (Wildman–Crippen LogP) is 3.49. The van der Waals surface area contributed by atoms with E-state index in [-0.39, 0.29) is 5.78 Å². The maximum absolute atomic E-state index is 12.1. The van der Waals surface area contributed by atoms with E-state index in [1.54, 1.807) is 37.7 Å². The first-order valence-corrected chi connectivity index (χ1v) is 6.80. The van der Waals surface area contributed by atoms with Gasteiger partial charge in [-0.25, -0.2) is 0 Å². The second-order valence-corrected chi connectivity index (χ2v) is 4.96. The number of aryl methyl sites for hydroxylation is 1. The fraction of sp³-hybridized carbons (Fsp3) is 0.250. The molecule has 0 radical (unpaired) electrons. The highest BCUT2D eigenvalue weighted by Crippen LogP contribution is 2.23. The molecule has 0 aliphatic heterocycles. The highest BCUT2D eigenvalue weighted by Gasteiger charge is 2.09. The lowest BCUT2D eigenvalue weighted by Crippen LogP contribution is -2.05. The fourth-order valence-electron chi connectivity index (χ4n) is 2.02. The molecule has 0 N–H and O–H groups in total. The van der Waals surface area contributed by atoms with Crippen LogP contribution in [0.15, 0.2) is 42.7 Å². The van der Waals surface area contributed by atoms with Crippen LogP contribution in [0.1, 0.15) is 17.5 Å². The Kier molecular flexibility index (Phi) is 5.13. The SMILES string of the molecule is COc1ccc(Cl)cc1CC(=O)CCc1ccncc1. The molecular weight excluding hydrogens is 274 g/mol. The number of halogens is 1. The smallest absolute Gasteiger partial charge is 0.137 e. The molecule has 0 fully saturated rings. The van der Waals surface area contributed by atoms with Crippen LogP contribution in [-0.2, 0) is 17.6 Å². The maximum Gasteiger partial charge on any atom is 0.137 e. The average molecular weight is 290 g/mol. The minimum absolute atomic E-state index is 0.169. The Morgan fingerprint density at radius 2 is 2.00 bits per heavy atom. The van der Waals surface area contributed by atoms with Gasteiger partial charge in [0, 0.05) is 35.8 Å². The van der Waals surface area contributed by atoms with Crippen molar-refractivity contribution < 1.29 is 9.53 Å². The molecule has 0 unspecified atom stereocenters. The van der Waals surface area contributed by atoms with Gasteiger partial charge < -0.3 is 4.74 Å². The number of Topliss-reactive ketones (excluding diaryl/α,β-unsaturated/α-hetero) is 1. The van der Waals surface area contributed by atoms with Crippen LogP contribution in [-0.4, -0.2) is 17.9 Å². The number of aromatic nitrogens is 1. The lowest BCUT2D eigenvalue weighted by molar-refractivity contribution is -0.118. The predicted molar refractivity (Wildman–Crippen MR) is 79.3 cm³/mol. The van der Waals surface area contributed by atoms with Crippen molar-refractivity contribution in [2.24, 2.45) is 0 Å². The number of hydrogen-bond acceptors (Lipinski definition) is 3. The van der Waals surface area contributed by atoms with Crippen molar-refractivity contribution in [1.82, 2.24) is 4.98 Å².